The third-order valence-corrected chi connectivity index (χ3v) is 4.00. The Hall–Kier alpha value is -1.49. The topological polar surface area (TPSA) is 32.3 Å². The van der Waals surface area contributed by atoms with Gasteiger partial charge in [0.25, 0.3) is 5.91 Å². The van der Waals surface area contributed by atoms with E-state index < -0.39 is 23.1 Å². The van der Waals surface area contributed by atoms with E-state index in [1.54, 1.807) is 0 Å². The Balaban J connectivity index is 1.72. The molecule has 1 N–H and O–H groups in total. The SMILES string of the molecule is CC1CCN(CCCNC(=O)c2c(F)cccc2F)CC1. The Morgan fingerprint density at radius 1 is 1.29 bits per heavy atom. The number of carbonyl (C=O) groups excluding carboxylic acids is 1. The Labute approximate surface area is 124 Å². The van der Waals surface area contributed by atoms with Crippen molar-refractivity contribution >= 4 is 5.91 Å². The van der Waals surface area contributed by atoms with E-state index in [-0.39, 0.29) is 0 Å². The van der Waals surface area contributed by atoms with Crippen LogP contribution in [0.4, 0.5) is 8.78 Å². The number of amides is 1. The van der Waals surface area contributed by atoms with Crippen LogP contribution in [-0.4, -0.2) is 37.0 Å². The molecule has 21 heavy (non-hydrogen) atoms. The van der Waals surface area contributed by atoms with Crippen LogP contribution in [0, 0.1) is 17.6 Å². The molecule has 1 aromatic carbocycles. The molecule has 1 aromatic rings. The highest BCUT2D eigenvalue weighted by Crippen LogP contribution is 2.16. The average molecular weight is 296 g/mol. The van der Waals surface area contributed by atoms with Crippen molar-refractivity contribution in [2.24, 2.45) is 5.92 Å². The van der Waals surface area contributed by atoms with E-state index in [4.69, 9.17) is 0 Å². The van der Waals surface area contributed by atoms with Gasteiger partial charge in [-0.1, -0.05) is 13.0 Å². The fourth-order valence-corrected chi connectivity index (χ4v) is 2.59. The summed E-state index contributed by atoms with van der Waals surface area (Å²) < 4.78 is 26.9. The third-order valence-electron chi connectivity index (χ3n) is 4.00. The number of rotatable bonds is 5. The largest absolute Gasteiger partial charge is 0.352 e. The molecule has 2 rings (SSSR count). The third kappa shape index (κ3) is 4.49. The van der Waals surface area contributed by atoms with Gasteiger partial charge in [0, 0.05) is 6.54 Å². The Morgan fingerprint density at radius 3 is 2.52 bits per heavy atom. The quantitative estimate of drug-likeness (QED) is 0.847. The molecule has 1 aliphatic heterocycles. The first-order chi connectivity index (χ1) is 10.1. The van der Waals surface area contributed by atoms with E-state index >= 15 is 0 Å². The van der Waals surface area contributed by atoms with Gasteiger partial charge in [0.05, 0.1) is 0 Å². The zero-order chi connectivity index (χ0) is 15.2. The minimum absolute atomic E-state index is 0.429. The summed E-state index contributed by atoms with van der Waals surface area (Å²) >= 11 is 0. The van der Waals surface area contributed by atoms with Gasteiger partial charge in [-0.3, -0.25) is 4.79 Å². The minimum Gasteiger partial charge on any atom is -0.352 e. The van der Waals surface area contributed by atoms with E-state index in [9.17, 15) is 13.6 Å². The summed E-state index contributed by atoms with van der Waals surface area (Å²) in [5, 5.41) is 2.58. The average Bonchev–Trinajstić information content (AvgIpc) is 2.45. The lowest BCUT2D eigenvalue weighted by atomic mass is 9.99. The summed E-state index contributed by atoms with van der Waals surface area (Å²) in [5.41, 5.74) is -0.496. The normalized spacial score (nSPS) is 16.9. The van der Waals surface area contributed by atoms with Crippen molar-refractivity contribution in [2.45, 2.75) is 26.2 Å². The number of likely N-dealkylation sites (tertiary alicyclic amines) is 1. The van der Waals surface area contributed by atoms with Crippen molar-refractivity contribution in [1.29, 1.82) is 0 Å². The van der Waals surface area contributed by atoms with Gasteiger partial charge in [0.2, 0.25) is 0 Å². The number of nitrogens with one attached hydrogen (secondary N) is 1. The lowest BCUT2D eigenvalue weighted by Gasteiger charge is -2.30. The summed E-state index contributed by atoms with van der Waals surface area (Å²) in [6, 6.07) is 3.43. The van der Waals surface area contributed by atoms with Gasteiger partial charge in [-0.2, -0.15) is 0 Å². The van der Waals surface area contributed by atoms with Crippen LogP contribution >= 0.6 is 0 Å². The highest BCUT2D eigenvalue weighted by molar-refractivity contribution is 5.94. The molecule has 3 nitrogen and oxygen atoms in total. The fourth-order valence-electron chi connectivity index (χ4n) is 2.59. The van der Waals surface area contributed by atoms with Gasteiger partial charge in [-0.15, -0.1) is 0 Å². The first-order valence-electron chi connectivity index (χ1n) is 7.52. The van der Waals surface area contributed by atoms with Gasteiger partial charge in [-0.25, -0.2) is 8.78 Å². The second-order valence-electron chi connectivity index (χ2n) is 5.73. The van der Waals surface area contributed by atoms with E-state index in [1.165, 1.54) is 18.9 Å². The Kier molecular flexibility index (Phi) is 5.67. The highest BCUT2D eigenvalue weighted by Gasteiger charge is 2.17. The second kappa shape index (κ2) is 7.50. The number of benzene rings is 1. The molecule has 0 saturated carbocycles. The predicted molar refractivity (Wildman–Crippen MR) is 78.1 cm³/mol. The molecule has 1 saturated heterocycles. The molecule has 0 atom stereocenters. The molecule has 0 aromatic heterocycles. The van der Waals surface area contributed by atoms with Crippen LogP contribution in [-0.2, 0) is 0 Å². The maximum absolute atomic E-state index is 13.4. The first kappa shape index (κ1) is 15.9. The van der Waals surface area contributed by atoms with Crippen LogP contribution < -0.4 is 5.32 Å². The standard InChI is InChI=1S/C16H22F2N2O/c1-12-6-10-20(11-7-12)9-3-8-19-16(21)15-13(17)4-2-5-14(15)18/h2,4-5,12H,3,6-11H2,1H3,(H,19,21). The number of halogens is 2. The zero-order valence-electron chi connectivity index (χ0n) is 12.4. The number of carbonyl (C=O) groups is 1. The fraction of sp³-hybridized carbons (Fsp3) is 0.562. The molecule has 5 heteroatoms. The highest BCUT2D eigenvalue weighted by atomic mass is 19.1. The summed E-state index contributed by atoms with van der Waals surface area (Å²) in [6.07, 6.45) is 3.22. The van der Waals surface area contributed by atoms with Crippen LogP contribution in [0.2, 0.25) is 0 Å². The molecule has 1 amide bonds. The van der Waals surface area contributed by atoms with Crippen LogP contribution in [0.3, 0.4) is 0 Å². The maximum atomic E-state index is 13.4. The second-order valence-corrected chi connectivity index (χ2v) is 5.73. The molecule has 1 aliphatic rings. The summed E-state index contributed by atoms with van der Waals surface area (Å²) in [5.74, 6) is -1.53. The molecule has 0 radical (unpaired) electrons. The monoisotopic (exact) mass is 296 g/mol. The van der Waals surface area contributed by atoms with E-state index in [0.717, 1.165) is 44.1 Å². The molecule has 1 fully saturated rings. The zero-order valence-corrected chi connectivity index (χ0v) is 12.4. The van der Waals surface area contributed by atoms with Crippen molar-refractivity contribution in [3.63, 3.8) is 0 Å². The Morgan fingerprint density at radius 2 is 1.90 bits per heavy atom. The van der Waals surface area contributed by atoms with E-state index in [2.05, 4.69) is 17.1 Å². The molecular formula is C16H22F2N2O. The van der Waals surface area contributed by atoms with Crippen LogP contribution in [0.1, 0.15) is 36.5 Å². The smallest absolute Gasteiger partial charge is 0.257 e. The Bertz CT molecular complexity index is 465. The molecule has 116 valence electrons. The molecule has 0 bridgehead atoms. The molecule has 1 heterocycles. The lowest BCUT2D eigenvalue weighted by molar-refractivity contribution is 0.0942. The van der Waals surface area contributed by atoms with Gasteiger partial charge < -0.3 is 10.2 Å². The van der Waals surface area contributed by atoms with E-state index in [0.29, 0.717) is 6.54 Å². The van der Waals surface area contributed by atoms with Gasteiger partial charge in [0.1, 0.15) is 17.2 Å². The van der Waals surface area contributed by atoms with Crippen molar-refractivity contribution in [2.75, 3.05) is 26.2 Å². The van der Waals surface area contributed by atoms with Crippen LogP contribution in [0.25, 0.3) is 0 Å². The predicted octanol–water partition coefficient (Wildman–Crippen LogP) is 2.82. The van der Waals surface area contributed by atoms with Gasteiger partial charge in [-0.05, 0) is 56.9 Å². The first-order valence-corrected chi connectivity index (χ1v) is 7.52. The lowest BCUT2D eigenvalue weighted by Crippen LogP contribution is -2.35. The minimum atomic E-state index is -0.822. The summed E-state index contributed by atoms with van der Waals surface area (Å²) in [7, 11) is 0. The number of piperidine rings is 1. The molecular weight excluding hydrogens is 274 g/mol. The van der Waals surface area contributed by atoms with Crippen LogP contribution in [0.15, 0.2) is 18.2 Å². The maximum Gasteiger partial charge on any atom is 0.257 e. The van der Waals surface area contributed by atoms with Crippen LogP contribution in [0.5, 0.6) is 0 Å². The van der Waals surface area contributed by atoms with Gasteiger partial charge in [0.15, 0.2) is 0 Å². The number of nitrogens with zero attached hydrogens (tertiary/aromatic N) is 1. The number of hydrogen-bond acceptors (Lipinski definition) is 2. The van der Waals surface area contributed by atoms with Gasteiger partial charge >= 0.3 is 0 Å². The molecule has 0 spiro atoms. The summed E-state index contributed by atoms with van der Waals surface area (Å²) in [4.78, 5) is 14.1. The number of hydrogen-bond donors (Lipinski definition) is 1. The van der Waals surface area contributed by atoms with Crippen molar-refractivity contribution in [1.82, 2.24) is 10.2 Å². The molecule has 0 aliphatic carbocycles. The molecule has 0 unspecified atom stereocenters. The van der Waals surface area contributed by atoms with Crippen molar-refractivity contribution < 1.29 is 13.6 Å². The van der Waals surface area contributed by atoms with Crippen molar-refractivity contribution in [3.05, 3.63) is 35.4 Å². The van der Waals surface area contributed by atoms with E-state index in [1.807, 2.05) is 0 Å². The summed E-state index contributed by atoms with van der Waals surface area (Å²) in [6.45, 7) is 5.79. The van der Waals surface area contributed by atoms with Crippen molar-refractivity contribution in [3.8, 4) is 0 Å².